The molecule has 0 aromatic heterocycles. The number of hydrogen-bond donors (Lipinski definition) is 0. The van der Waals surface area contributed by atoms with Gasteiger partial charge in [0.1, 0.15) is 0 Å². The van der Waals surface area contributed by atoms with E-state index in [1.165, 1.54) is 44.7 Å². The Kier molecular flexibility index (Phi) is 4.81. The fourth-order valence-corrected chi connectivity index (χ4v) is 6.52. The van der Waals surface area contributed by atoms with Crippen molar-refractivity contribution in [2.45, 2.75) is 37.8 Å². The van der Waals surface area contributed by atoms with Crippen molar-refractivity contribution in [1.82, 2.24) is 9.80 Å². The molecule has 2 aliphatic heterocycles. The molecule has 3 aromatic rings. The third kappa shape index (κ3) is 2.97. The lowest BCUT2D eigenvalue weighted by Crippen LogP contribution is -2.58. The molecule has 33 heavy (non-hydrogen) atoms. The van der Waals surface area contributed by atoms with Gasteiger partial charge in [0.25, 0.3) is 0 Å². The Morgan fingerprint density at radius 1 is 0.879 bits per heavy atom. The zero-order chi connectivity index (χ0) is 22.6. The zero-order valence-corrected chi connectivity index (χ0v) is 19.6. The van der Waals surface area contributed by atoms with Crippen LogP contribution in [-0.4, -0.2) is 35.5 Å². The molecule has 2 nitrogen and oxygen atoms in total. The normalized spacial score (nSPS) is 18.6. The SMILES string of the molecule is C=C1c2ccccc2CN1C1CN(CC(=C)C2(CCC)c3ccccc3-c3ccccc32)C1. The van der Waals surface area contributed by atoms with Crippen LogP contribution < -0.4 is 0 Å². The van der Waals surface area contributed by atoms with Crippen LogP contribution in [0.3, 0.4) is 0 Å². The van der Waals surface area contributed by atoms with Crippen molar-refractivity contribution in [3.63, 3.8) is 0 Å². The Hall–Kier alpha value is -3.10. The van der Waals surface area contributed by atoms with Crippen molar-refractivity contribution in [1.29, 1.82) is 0 Å². The molecular formula is C31H32N2. The molecule has 0 atom stereocenters. The van der Waals surface area contributed by atoms with Gasteiger partial charge in [-0.25, -0.2) is 0 Å². The summed E-state index contributed by atoms with van der Waals surface area (Å²) < 4.78 is 0. The van der Waals surface area contributed by atoms with Crippen molar-refractivity contribution in [2.75, 3.05) is 19.6 Å². The summed E-state index contributed by atoms with van der Waals surface area (Å²) in [6.07, 6.45) is 2.24. The Morgan fingerprint density at radius 2 is 1.45 bits per heavy atom. The maximum atomic E-state index is 4.74. The molecule has 0 amide bonds. The molecule has 1 fully saturated rings. The predicted octanol–water partition coefficient (Wildman–Crippen LogP) is 6.48. The molecule has 1 saturated heterocycles. The molecule has 3 aromatic carbocycles. The summed E-state index contributed by atoms with van der Waals surface area (Å²) in [5.74, 6) is 0. The van der Waals surface area contributed by atoms with Gasteiger partial charge in [-0.2, -0.15) is 0 Å². The molecule has 0 bridgehead atoms. The van der Waals surface area contributed by atoms with E-state index in [-0.39, 0.29) is 5.41 Å². The highest BCUT2D eigenvalue weighted by molar-refractivity contribution is 5.83. The van der Waals surface area contributed by atoms with Crippen LogP contribution in [0.1, 0.15) is 42.0 Å². The summed E-state index contributed by atoms with van der Waals surface area (Å²) in [6, 6.07) is 27.2. The lowest BCUT2D eigenvalue weighted by atomic mass is 9.69. The summed E-state index contributed by atoms with van der Waals surface area (Å²) in [7, 11) is 0. The van der Waals surface area contributed by atoms with Gasteiger partial charge in [0, 0.05) is 42.9 Å². The highest BCUT2D eigenvalue weighted by Gasteiger charge is 2.45. The number of nitrogens with zero attached hydrogens (tertiary/aromatic N) is 2. The van der Waals surface area contributed by atoms with Gasteiger partial charge in [-0.3, -0.25) is 4.90 Å². The van der Waals surface area contributed by atoms with Crippen LogP contribution in [0, 0.1) is 0 Å². The van der Waals surface area contributed by atoms with Gasteiger partial charge in [0.05, 0.1) is 6.04 Å². The number of rotatable bonds is 6. The molecule has 2 heteroatoms. The monoisotopic (exact) mass is 432 g/mol. The maximum absolute atomic E-state index is 4.74. The van der Waals surface area contributed by atoms with Crippen molar-refractivity contribution in [3.05, 3.63) is 114 Å². The highest BCUT2D eigenvalue weighted by Crippen LogP contribution is 2.54. The van der Waals surface area contributed by atoms with E-state index in [2.05, 4.69) is 96.1 Å². The van der Waals surface area contributed by atoms with E-state index in [4.69, 9.17) is 6.58 Å². The van der Waals surface area contributed by atoms with Gasteiger partial charge in [-0.15, -0.1) is 0 Å². The Bertz CT molecular complexity index is 1200. The third-order valence-corrected chi connectivity index (χ3v) is 8.10. The molecule has 3 aliphatic rings. The van der Waals surface area contributed by atoms with E-state index in [0.29, 0.717) is 6.04 Å². The number of likely N-dealkylation sites (tertiary alicyclic amines) is 1. The van der Waals surface area contributed by atoms with E-state index >= 15 is 0 Å². The van der Waals surface area contributed by atoms with Gasteiger partial charge in [0.15, 0.2) is 0 Å². The number of benzene rings is 3. The van der Waals surface area contributed by atoms with E-state index in [9.17, 15) is 0 Å². The lowest BCUT2D eigenvalue weighted by molar-refractivity contribution is 0.0733. The number of hydrogen-bond acceptors (Lipinski definition) is 2. The van der Waals surface area contributed by atoms with Crippen molar-refractivity contribution in [2.24, 2.45) is 0 Å². The average molecular weight is 433 g/mol. The Balaban J connectivity index is 1.23. The van der Waals surface area contributed by atoms with Gasteiger partial charge >= 0.3 is 0 Å². The van der Waals surface area contributed by atoms with Crippen LogP contribution in [0.2, 0.25) is 0 Å². The summed E-state index contributed by atoms with van der Waals surface area (Å²) >= 11 is 0. The molecule has 2 heterocycles. The molecule has 0 spiro atoms. The third-order valence-electron chi connectivity index (χ3n) is 8.10. The van der Waals surface area contributed by atoms with E-state index in [0.717, 1.165) is 39.0 Å². The fraction of sp³-hybridized carbons (Fsp3) is 0.290. The second-order valence-corrected chi connectivity index (χ2v) is 9.93. The first-order chi connectivity index (χ1) is 16.1. The number of fused-ring (bicyclic) bond motifs is 4. The second kappa shape index (κ2) is 7.74. The molecule has 166 valence electrons. The summed E-state index contributed by atoms with van der Waals surface area (Å²) in [6.45, 7) is 15.6. The minimum Gasteiger partial charge on any atom is -0.362 e. The smallest absolute Gasteiger partial charge is 0.0548 e. The average Bonchev–Trinajstić information content (AvgIpc) is 3.30. The second-order valence-electron chi connectivity index (χ2n) is 9.93. The lowest BCUT2D eigenvalue weighted by Gasteiger charge is -2.47. The van der Waals surface area contributed by atoms with Gasteiger partial charge in [-0.1, -0.05) is 99.3 Å². The van der Waals surface area contributed by atoms with Gasteiger partial charge in [-0.05, 0) is 39.8 Å². The molecule has 0 radical (unpaired) electrons. The van der Waals surface area contributed by atoms with E-state index in [1.54, 1.807) is 0 Å². The summed E-state index contributed by atoms with van der Waals surface area (Å²) in [5.41, 5.74) is 10.8. The van der Waals surface area contributed by atoms with Crippen LogP contribution in [0.25, 0.3) is 16.8 Å². The van der Waals surface area contributed by atoms with Crippen LogP contribution in [0.4, 0.5) is 0 Å². The first-order valence-electron chi connectivity index (χ1n) is 12.3. The molecule has 6 rings (SSSR count). The van der Waals surface area contributed by atoms with Crippen molar-refractivity contribution >= 4 is 5.70 Å². The molecule has 0 unspecified atom stereocenters. The topological polar surface area (TPSA) is 6.48 Å². The van der Waals surface area contributed by atoms with Crippen LogP contribution >= 0.6 is 0 Å². The van der Waals surface area contributed by atoms with Crippen LogP contribution in [0.5, 0.6) is 0 Å². The molecular weight excluding hydrogens is 400 g/mol. The minimum atomic E-state index is -0.0828. The first-order valence-corrected chi connectivity index (χ1v) is 12.3. The minimum absolute atomic E-state index is 0.0828. The molecule has 1 aliphatic carbocycles. The Labute approximate surface area is 197 Å². The van der Waals surface area contributed by atoms with Crippen LogP contribution in [-0.2, 0) is 12.0 Å². The summed E-state index contributed by atoms with van der Waals surface area (Å²) in [4.78, 5) is 5.08. The molecule has 0 N–H and O–H groups in total. The zero-order valence-electron chi connectivity index (χ0n) is 19.6. The van der Waals surface area contributed by atoms with E-state index in [1.807, 2.05) is 0 Å². The Morgan fingerprint density at radius 3 is 2.06 bits per heavy atom. The maximum Gasteiger partial charge on any atom is 0.0548 e. The highest BCUT2D eigenvalue weighted by atomic mass is 15.3. The first kappa shape index (κ1) is 20.5. The molecule has 0 saturated carbocycles. The van der Waals surface area contributed by atoms with Crippen molar-refractivity contribution < 1.29 is 0 Å². The van der Waals surface area contributed by atoms with Crippen LogP contribution in [0.15, 0.2) is 91.5 Å². The van der Waals surface area contributed by atoms with Crippen molar-refractivity contribution in [3.8, 4) is 11.1 Å². The standard InChI is InChI=1S/C31H32N2/c1-4-17-31(29-15-9-7-13-27(29)28-14-8-10-16-30(28)31)22(2)18-32-20-25(21-32)33-19-24-11-5-6-12-26(24)23(33)3/h5-16,25H,2-4,17-21H2,1H3. The fourth-order valence-electron chi connectivity index (χ4n) is 6.52. The predicted molar refractivity (Wildman–Crippen MR) is 138 cm³/mol. The van der Waals surface area contributed by atoms with E-state index < -0.39 is 0 Å². The van der Waals surface area contributed by atoms with Gasteiger partial charge in [0.2, 0.25) is 0 Å². The quantitative estimate of drug-likeness (QED) is 0.411. The van der Waals surface area contributed by atoms with Gasteiger partial charge < -0.3 is 4.90 Å². The summed E-state index contributed by atoms with van der Waals surface area (Å²) in [5, 5.41) is 0. The largest absolute Gasteiger partial charge is 0.362 e.